The molecule has 1 heterocycles. The standard InChI is InChI=1S/C18H23NO2/c1-13-8-14(10-16(9-13)20-5)12-21-17-11-15(6-7-19-17)18(2,3)4/h6-11H,12H2,1-5H3. The molecule has 0 saturated heterocycles. The molecule has 0 amide bonds. The second-order valence-corrected chi connectivity index (χ2v) is 6.28. The largest absolute Gasteiger partial charge is 0.497 e. The average Bonchev–Trinajstić information content (AvgIpc) is 2.44. The number of aromatic nitrogens is 1. The number of ether oxygens (including phenoxy) is 2. The minimum Gasteiger partial charge on any atom is -0.497 e. The van der Waals surface area contributed by atoms with Gasteiger partial charge >= 0.3 is 0 Å². The Kier molecular flexibility index (Phi) is 4.51. The minimum atomic E-state index is 0.0909. The van der Waals surface area contributed by atoms with Gasteiger partial charge in [0.25, 0.3) is 0 Å². The molecule has 0 atom stereocenters. The molecule has 1 aromatic carbocycles. The lowest BCUT2D eigenvalue weighted by Gasteiger charge is -2.19. The zero-order chi connectivity index (χ0) is 15.5. The summed E-state index contributed by atoms with van der Waals surface area (Å²) in [5, 5.41) is 0. The molecular formula is C18H23NO2. The van der Waals surface area contributed by atoms with E-state index in [-0.39, 0.29) is 5.41 Å². The first-order chi connectivity index (χ1) is 9.88. The van der Waals surface area contributed by atoms with Crippen LogP contribution in [0.4, 0.5) is 0 Å². The molecule has 2 aromatic rings. The van der Waals surface area contributed by atoms with Crippen molar-refractivity contribution >= 4 is 0 Å². The highest BCUT2D eigenvalue weighted by Crippen LogP contribution is 2.25. The first kappa shape index (κ1) is 15.4. The molecule has 0 aliphatic heterocycles. The van der Waals surface area contributed by atoms with Gasteiger partial charge in [-0.25, -0.2) is 4.98 Å². The highest BCUT2D eigenvalue weighted by molar-refractivity contribution is 5.34. The molecule has 3 nitrogen and oxygen atoms in total. The molecule has 0 fully saturated rings. The van der Waals surface area contributed by atoms with Crippen LogP contribution >= 0.6 is 0 Å². The lowest BCUT2D eigenvalue weighted by molar-refractivity contribution is 0.292. The normalized spacial score (nSPS) is 11.3. The van der Waals surface area contributed by atoms with Gasteiger partial charge in [0, 0.05) is 12.3 Å². The van der Waals surface area contributed by atoms with Crippen LogP contribution in [0.2, 0.25) is 0 Å². The van der Waals surface area contributed by atoms with Crippen molar-refractivity contribution in [3.63, 3.8) is 0 Å². The van der Waals surface area contributed by atoms with Gasteiger partial charge < -0.3 is 9.47 Å². The first-order valence-electron chi connectivity index (χ1n) is 7.12. The summed E-state index contributed by atoms with van der Waals surface area (Å²) >= 11 is 0. The van der Waals surface area contributed by atoms with Gasteiger partial charge in [-0.1, -0.05) is 26.8 Å². The van der Waals surface area contributed by atoms with Crippen LogP contribution in [0.3, 0.4) is 0 Å². The predicted molar refractivity (Wildman–Crippen MR) is 85.0 cm³/mol. The van der Waals surface area contributed by atoms with Crippen molar-refractivity contribution in [1.82, 2.24) is 4.98 Å². The summed E-state index contributed by atoms with van der Waals surface area (Å²) in [6, 6.07) is 10.1. The van der Waals surface area contributed by atoms with E-state index in [1.54, 1.807) is 13.3 Å². The molecule has 21 heavy (non-hydrogen) atoms. The third-order valence-electron chi connectivity index (χ3n) is 3.33. The van der Waals surface area contributed by atoms with E-state index in [1.165, 1.54) is 5.56 Å². The highest BCUT2D eigenvalue weighted by atomic mass is 16.5. The predicted octanol–water partition coefficient (Wildman–Crippen LogP) is 4.28. The molecule has 1 aromatic heterocycles. The number of rotatable bonds is 4. The molecule has 0 saturated carbocycles. The van der Waals surface area contributed by atoms with Crippen LogP contribution in [0.1, 0.15) is 37.5 Å². The van der Waals surface area contributed by atoms with E-state index in [0.717, 1.165) is 16.9 Å². The summed E-state index contributed by atoms with van der Waals surface area (Å²) < 4.78 is 11.1. The molecule has 0 spiro atoms. The van der Waals surface area contributed by atoms with Crippen molar-refractivity contribution in [1.29, 1.82) is 0 Å². The van der Waals surface area contributed by atoms with Crippen LogP contribution in [-0.4, -0.2) is 12.1 Å². The molecule has 0 unspecified atom stereocenters. The molecule has 0 N–H and O–H groups in total. The molecule has 0 aliphatic rings. The third-order valence-corrected chi connectivity index (χ3v) is 3.33. The Hall–Kier alpha value is -2.03. The van der Waals surface area contributed by atoms with Crippen LogP contribution in [0, 0.1) is 6.92 Å². The quantitative estimate of drug-likeness (QED) is 0.840. The monoisotopic (exact) mass is 285 g/mol. The summed E-state index contributed by atoms with van der Waals surface area (Å²) in [5.41, 5.74) is 3.54. The number of benzene rings is 1. The number of pyridine rings is 1. The second-order valence-electron chi connectivity index (χ2n) is 6.28. The molecule has 0 radical (unpaired) electrons. The van der Waals surface area contributed by atoms with E-state index < -0.39 is 0 Å². The maximum atomic E-state index is 5.82. The van der Waals surface area contributed by atoms with Gasteiger partial charge in [0.2, 0.25) is 5.88 Å². The summed E-state index contributed by atoms with van der Waals surface area (Å²) in [4.78, 5) is 4.28. The Morgan fingerprint density at radius 3 is 2.52 bits per heavy atom. The fraction of sp³-hybridized carbons (Fsp3) is 0.389. The van der Waals surface area contributed by atoms with Gasteiger partial charge in [0.15, 0.2) is 0 Å². The Balaban J connectivity index is 2.11. The topological polar surface area (TPSA) is 31.4 Å². The third kappa shape index (κ3) is 4.22. The van der Waals surface area contributed by atoms with E-state index in [4.69, 9.17) is 9.47 Å². The number of nitrogens with zero attached hydrogens (tertiary/aromatic N) is 1. The SMILES string of the molecule is COc1cc(C)cc(COc2cc(C(C)(C)C)ccn2)c1. The van der Waals surface area contributed by atoms with Gasteiger partial charge in [-0.3, -0.25) is 0 Å². The van der Waals surface area contributed by atoms with E-state index in [2.05, 4.69) is 31.8 Å². The fourth-order valence-corrected chi connectivity index (χ4v) is 2.14. The summed E-state index contributed by atoms with van der Waals surface area (Å²) in [6.07, 6.45) is 1.80. The lowest BCUT2D eigenvalue weighted by atomic mass is 9.88. The summed E-state index contributed by atoms with van der Waals surface area (Å²) in [7, 11) is 1.67. The summed E-state index contributed by atoms with van der Waals surface area (Å²) in [5.74, 6) is 1.51. The van der Waals surface area contributed by atoms with Gasteiger partial charge in [0.1, 0.15) is 12.4 Å². The zero-order valence-electron chi connectivity index (χ0n) is 13.4. The highest BCUT2D eigenvalue weighted by Gasteiger charge is 2.14. The number of methoxy groups -OCH3 is 1. The molecular weight excluding hydrogens is 262 g/mol. The van der Waals surface area contributed by atoms with Crippen LogP contribution in [0.15, 0.2) is 36.5 Å². The number of hydrogen-bond acceptors (Lipinski definition) is 3. The van der Waals surface area contributed by atoms with Crippen molar-refractivity contribution in [2.45, 2.75) is 39.7 Å². The van der Waals surface area contributed by atoms with Crippen molar-refractivity contribution in [2.24, 2.45) is 0 Å². The molecule has 112 valence electrons. The van der Waals surface area contributed by atoms with Crippen molar-refractivity contribution < 1.29 is 9.47 Å². The maximum Gasteiger partial charge on any atom is 0.213 e. The minimum absolute atomic E-state index is 0.0909. The van der Waals surface area contributed by atoms with Gasteiger partial charge in [-0.2, -0.15) is 0 Å². The summed E-state index contributed by atoms with van der Waals surface area (Å²) in [6.45, 7) is 9.07. The number of aryl methyl sites for hydroxylation is 1. The zero-order valence-corrected chi connectivity index (χ0v) is 13.4. The van der Waals surface area contributed by atoms with Crippen LogP contribution in [-0.2, 0) is 12.0 Å². The number of hydrogen-bond donors (Lipinski definition) is 0. The van der Waals surface area contributed by atoms with Crippen LogP contribution < -0.4 is 9.47 Å². The Labute approximate surface area is 126 Å². The van der Waals surface area contributed by atoms with Gasteiger partial charge in [-0.15, -0.1) is 0 Å². The molecule has 2 rings (SSSR count). The fourth-order valence-electron chi connectivity index (χ4n) is 2.14. The van der Waals surface area contributed by atoms with Gasteiger partial charge in [0.05, 0.1) is 7.11 Å². The van der Waals surface area contributed by atoms with Crippen LogP contribution in [0.5, 0.6) is 11.6 Å². The van der Waals surface area contributed by atoms with E-state index >= 15 is 0 Å². The maximum absolute atomic E-state index is 5.82. The first-order valence-corrected chi connectivity index (χ1v) is 7.12. The van der Waals surface area contributed by atoms with Crippen LogP contribution in [0.25, 0.3) is 0 Å². The Morgan fingerprint density at radius 2 is 1.86 bits per heavy atom. The molecule has 0 aliphatic carbocycles. The molecule has 0 bridgehead atoms. The van der Waals surface area contributed by atoms with E-state index in [1.807, 2.05) is 31.2 Å². The van der Waals surface area contributed by atoms with Crippen molar-refractivity contribution in [3.05, 3.63) is 53.2 Å². The average molecular weight is 285 g/mol. The van der Waals surface area contributed by atoms with E-state index in [9.17, 15) is 0 Å². The Bertz CT molecular complexity index is 615. The smallest absolute Gasteiger partial charge is 0.213 e. The van der Waals surface area contributed by atoms with Crippen molar-refractivity contribution in [2.75, 3.05) is 7.11 Å². The van der Waals surface area contributed by atoms with Gasteiger partial charge in [-0.05, 0) is 47.2 Å². The second kappa shape index (κ2) is 6.17. The Morgan fingerprint density at radius 1 is 1.10 bits per heavy atom. The lowest BCUT2D eigenvalue weighted by Crippen LogP contribution is -2.11. The molecule has 3 heteroatoms. The van der Waals surface area contributed by atoms with E-state index in [0.29, 0.717) is 12.5 Å². The van der Waals surface area contributed by atoms with Crippen molar-refractivity contribution in [3.8, 4) is 11.6 Å².